The predicted octanol–water partition coefficient (Wildman–Crippen LogP) is 2.75. The molecule has 2 heterocycles. The van der Waals surface area contributed by atoms with Gasteiger partial charge in [0.25, 0.3) is 5.91 Å². The fourth-order valence-electron chi connectivity index (χ4n) is 2.04. The second kappa shape index (κ2) is 7.36. The number of rotatable bonds is 6. The summed E-state index contributed by atoms with van der Waals surface area (Å²) in [5.41, 5.74) is 0.721. The van der Waals surface area contributed by atoms with Gasteiger partial charge in [-0.15, -0.1) is 0 Å². The van der Waals surface area contributed by atoms with Gasteiger partial charge in [-0.25, -0.2) is 14.4 Å². The number of anilines is 1. The van der Waals surface area contributed by atoms with E-state index in [-0.39, 0.29) is 18.3 Å². The smallest absolute Gasteiger partial charge is 0.254 e. The molecule has 0 fully saturated rings. The first kappa shape index (κ1) is 15.7. The summed E-state index contributed by atoms with van der Waals surface area (Å²) >= 11 is 0. The molecular formula is C17H15FN4O2. The minimum Gasteiger partial charge on any atom is -0.467 e. The van der Waals surface area contributed by atoms with Crippen LogP contribution in [-0.4, -0.2) is 15.9 Å². The summed E-state index contributed by atoms with van der Waals surface area (Å²) in [7, 11) is 0. The molecule has 2 aromatic heterocycles. The topological polar surface area (TPSA) is 80.0 Å². The van der Waals surface area contributed by atoms with Crippen molar-refractivity contribution in [1.82, 2.24) is 15.3 Å². The van der Waals surface area contributed by atoms with Gasteiger partial charge in [0, 0.05) is 24.5 Å². The Morgan fingerprint density at radius 1 is 1.08 bits per heavy atom. The van der Waals surface area contributed by atoms with E-state index in [4.69, 9.17) is 4.42 Å². The second-order valence-corrected chi connectivity index (χ2v) is 5.00. The third kappa shape index (κ3) is 3.95. The molecule has 3 rings (SSSR count). The highest BCUT2D eigenvalue weighted by molar-refractivity contribution is 5.93. The lowest BCUT2D eigenvalue weighted by Gasteiger charge is -2.07. The number of carbonyl (C=O) groups excluding carboxylic acids is 1. The largest absolute Gasteiger partial charge is 0.467 e. The molecule has 2 N–H and O–H groups in total. The van der Waals surface area contributed by atoms with Gasteiger partial charge in [0.1, 0.15) is 11.6 Å². The van der Waals surface area contributed by atoms with Crippen molar-refractivity contribution in [2.24, 2.45) is 0 Å². The van der Waals surface area contributed by atoms with Gasteiger partial charge < -0.3 is 15.1 Å². The monoisotopic (exact) mass is 326 g/mol. The maximum absolute atomic E-state index is 13.5. The zero-order chi connectivity index (χ0) is 16.8. The molecule has 6 nitrogen and oxygen atoms in total. The Labute approximate surface area is 137 Å². The van der Waals surface area contributed by atoms with Gasteiger partial charge in [0.05, 0.1) is 18.4 Å². The van der Waals surface area contributed by atoms with Crippen LogP contribution in [0.5, 0.6) is 0 Å². The summed E-state index contributed by atoms with van der Waals surface area (Å²) in [5, 5.41) is 5.62. The Bertz CT molecular complexity index is 804. The van der Waals surface area contributed by atoms with E-state index >= 15 is 0 Å². The van der Waals surface area contributed by atoms with E-state index in [2.05, 4.69) is 20.6 Å². The number of benzene rings is 1. The standard InChI is InChI=1S/C17H15FN4O2/c18-15-6-2-1-4-12(15)8-19-16(23)13-9-20-17(21-10-13)22-11-14-5-3-7-24-14/h1-7,9-10H,8,11H2,(H,19,23)(H,20,21,22). The summed E-state index contributed by atoms with van der Waals surface area (Å²) < 4.78 is 18.7. The number of carbonyl (C=O) groups is 1. The van der Waals surface area contributed by atoms with Crippen molar-refractivity contribution >= 4 is 11.9 Å². The molecule has 122 valence electrons. The predicted molar refractivity (Wildman–Crippen MR) is 85.6 cm³/mol. The number of amides is 1. The number of furan rings is 1. The molecular weight excluding hydrogens is 311 g/mol. The molecule has 1 amide bonds. The van der Waals surface area contributed by atoms with Gasteiger partial charge in [-0.3, -0.25) is 4.79 Å². The van der Waals surface area contributed by atoms with Gasteiger partial charge in [-0.1, -0.05) is 18.2 Å². The van der Waals surface area contributed by atoms with E-state index in [1.165, 1.54) is 18.5 Å². The van der Waals surface area contributed by atoms with E-state index in [1.54, 1.807) is 30.5 Å². The number of hydrogen-bond donors (Lipinski definition) is 2. The van der Waals surface area contributed by atoms with Gasteiger partial charge in [-0.05, 0) is 18.2 Å². The van der Waals surface area contributed by atoms with Crippen LogP contribution in [-0.2, 0) is 13.1 Å². The van der Waals surface area contributed by atoms with Crippen molar-refractivity contribution in [3.8, 4) is 0 Å². The van der Waals surface area contributed by atoms with Crippen LogP contribution in [0.1, 0.15) is 21.7 Å². The maximum atomic E-state index is 13.5. The minimum atomic E-state index is -0.365. The number of nitrogens with one attached hydrogen (secondary N) is 2. The average molecular weight is 326 g/mol. The Morgan fingerprint density at radius 3 is 2.58 bits per heavy atom. The SMILES string of the molecule is O=C(NCc1ccccc1F)c1cnc(NCc2ccco2)nc1. The summed E-state index contributed by atoms with van der Waals surface area (Å²) in [6, 6.07) is 9.91. The zero-order valence-electron chi connectivity index (χ0n) is 12.7. The van der Waals surface area contributed by atoms with E-state index < -0.39 is 0 Å². The highest BCUT2D eigenvalue weighted by Gasteiger charge is 2.08. The maximum Gasteiger partial charge on any atom is 0.254 e. The zero-order valence-corrected chi connectivity index (χ0v) is 12.7. The Hall–Kier alpha value is -3.22. The van der Waals surface area contributed by atoms with Crippen LogP contribution in [0.25, 0.3) is 0 Å². The molecule has 0 aliphatic carbocycles. The van der Waals surface area contributed by atoms with Gasteiger partial charge >= 0.3 is 0 Å². The molecule has 0 atom stereocenters. The molecule has 0 aliphatic heterocycles. The molecule has 0 saturated carbocycles. The molecule has 0 aliphatic rings. The minimum absolute atomic E-state index is 0.101. The third-order valence-electron chi connectivity index (χ3n) is 3.31. The number of halogens is 1. The van der Waals surface area contributed by atoms with E-state index in [9.17, 15) is 9.18 Å². The first-order valence-corrected chi connectivity index (χ1v) is 7.32. The Morgan fingerprint density at radius 2 is 1.88 bits per heavy atom. The van der Waals surface area contributed by atoms with Crippen LogP contribution < -0.4 is 10.6 Å². The number of hydrogen-bond acceptors (Lipinski definition) is 5. The fraction of sp³-hybridized carbons (Fsp3) is 0.118. The molecule has 0 bridgehead atoms. The summed E-state index contributed by atoms with van der Waals surface area (Å²) in [4.78, 5) is 20.2. The highest BCUT2D eigenvalue weighted by Crippen LogP contribution is 2.07. The van der Waals surface area contributed by atoms with Crippen molar-refractivity contribution < 1.29 is 13.6 Å². The van der Waals surface area contributed by atoms with Gasteiger partial charge in [0.2, 0.25) is 5.95 Å². The molecule has 0 radical (unpaired) electrons. The van der Waals surface area contributed by atoms with Crippen molar-refractivity contribution in [3.63, 3.8) is 0 Å². The fourth-order valence-corrected chi connectivity index (χ4v) is 2.04. The molecule has 0 unspecified atom stereocenters. The van der Waals surface area contributed by atoms with E-state index in [1.807, 2.05) is 6.07 Å². The molecule has 1 aromatic carbocycles. The average Bonchev–Trinajstić information content (AvgIpc) is 3.13. The normalized spacial score (nSPS) is 10.4. The van der Waals surface area contributed by atoms with Crippen LogP contribution in [0.15, 0.2) is 59.5 Å². The van der Waals surface area contributed by atoms with Crippen molar-refractivity contribution in [2.45, 2.75) is 13.1 Å². The van der Waals surface area contributed by atoms with E-state index in [0.717, 1.165) is 5.76 Å². The second-order valence-electron chi connectivity index (χ2n) is 5.00. The molecule has 3 aromatic rings. The molecule has 0 spiro atoms. The summed E-state index contributed by atoms with van der Waals surface area (Å²) in [6.07, 6.45) is 4.41. The van der Waals surface area contributed by atoms with Crippen molar-refractivity contribution in [2.75, 3.05) is 5.32 Å². The lowest BCUT2D eigenvalue weighted by molar-refractivity contribution is 0.0950. The van der Waals surface area contributed by atoms with Crippen LogP contribution >= 0.6 is 0 Å². The highest BCUT2D eigenvalue weighted by atomic mass is 19.1. The molecule has 0 saturated heterocycles. The molecule has 7 heteroatoms. The van der Waals surface area contributed by atoms with Crippen LogP contribution in [0.2, 0.25) is 0 Å². The van der Waals surface area contributed by atoms with Gasteiger partial charge in [0.15, 0.2) is 0 Å². The third-order valence-corrected chi connectivity index (χ3v) is 3.31. The molecule has 24 heavy (non-hydrogen) atoms. The van der Waals surface area contributed by atoms with Crippen molar-refractivity contribution in [1.29, 1.82) is 0 Å². The number of aromatic nitrogens is 2. The van der Waals surface area contributed by atoms with Crippen LogP contribution in [0, 0.1) is 5.82 Å². The van der Waals surface area contributed by atoms with Crippen LogP contribution in [0.3, 0.4) is 0 Å². The van der Waals surface area contributed by atoms with Gasteiger partial charge in [-0.2, -0.15) is 0 Å². The first-order chi connectivity index (χ1) is 11.7. The summed E-state index contributed by atoms with van der Waals surface area (Å²) in [5.74, 6) is 0.421. The summed E-state index contributed by atoms with van der Waals surface area (Å²) in [6.45, 7) is 0.551. The lowest BCUT2D eigenvalue weighted by atomic mass is 10.2. The Kier molecular flexibility index (Phi) is 4.81. The quantitative estimate of drug-likeness (QED) is 0.728. The first-order valence-electron chi connectivity index (χ1n) is 7.32. The Balaban J connectivity index is 1.54. The lowest BCUT2D eigenvalue weighted by Crippen LogP contribution is -2.23. The van der Waals surface area contributed by atoms with E-state index in [0.29, 0.717) is 23.6 Å². The van der Waals surface area contributed by atoms with Crippen LogP contribution in [0.4, 0.5) is 10.3 Å². The number of nitrogens with zero attached hydrogens (tertiary/aromatic N) is 2. The van der Waals surface area contributed by atoms with Crippen molar-refractivity contribution in [3.05, 3.63) is 77.8 Å².